The summed E-state index contributed by atoms with van der Waals surface area (Å²) in [5, 5.41) is 12.8. The van der Waals surface area contributed by atoms with E-state index in [1.54, 1.807) is 11.3 Å². The van der Waals surface area contributed by atoms with Crippen LogP contribution in [0.3, 0.4) is 0 Å². The number of aliphatic hydroxyl groups excluding tert-OH is 1. The first-order valence-electron chi connectivity index (χ1n) is 7.05. The molecule has 1 fully saturated rings. The quantitative estimate of drug-likeness (QED) is 0.828. The fourth-order valence-corrected chi connectivity index (χ4v) is 3.75. The van der Waals surface area contributed by atoms with Crippen LogP contribution in [-0.2, 0) is 4.74 Å². The second-order valence-electron chi connectivity index (χ2n) is 5.31. The molecule has 3 heteroatoms. The summed E-state index contributed by atoms with van der Waals surface area (Å²) >= 11 is 1.70. The van der Waals surface area contributed by atoms with Crippen LogP contribution < -0.4 is 0 Å². The molecule has 1 heterocycles. The van der Waals surface area contributed by atoms with Crippen LogP contribution in [0.1, 0.15) is 62.0 Å². The Labute approximate surface area is 114 Å². The van der Waals surface area contributed by atoms with Crippen LogP contribution >= 0.6 is 11.3 Å². The average molecular weight is 268 g/mol. The summed E-state index contributed by atoms with van der Waals surface area (Å²) in [5.41, 5.74) is 0.687. The van der Waals surface area contributed by atoms with Crippen LogP contribution in [0, 0.1) is 6.92 Å². The van der Waals surface area contributed by atoms with Gasteiger partial charge in [0.2, 0.25) is 0 Å². The lowest BCUT2D eigenvalue weighted by Gasteiger charge is -2.37. The van der Waals surface area contributed by atoms with Crippen molar-refractivity contribution in [2.24, 2.45) is 0 Å². The standard InChI is InChI=1S/C15H24O2S/c1-3-17-15(8-6-4-5-7-9-15)14(16)13-10-12(2)18-11-13/h10-11,14,16H,3-9H2,1-2H3. The van der Waals surface area contributed by atoms with Gasteiger partial charge in [-0.05, 0) is 43.7 Å². The van der Waals surface area contributed by atoms with Crippen LogP contribution in [0.2, 0.25) is 0 Å². The van der Waals surface area contributed by atoms with Gasteiger partial charge in [0.15, 0.2) is 0 Å². The molecule has 0 radical (unpaired) electrons. The molecule has 18 heavy (non-hydrogen) atoms. The fourth-order valence-electron chi connectivity index (χ4n) is 3.02. The highest BCUT2D eigenvalue weighted by Gasteiger charge is 2.40. The number of hydrogen-bond acceptors (Lipinski definition) is 3. The predicted molar refractivity (Wildman–Crippen MR) is 76.1 cm³/mol. The van der Waals surface area contributed by atoms with Crippen LogP contribution in [0.4, 0.5) is 0 Å². The summed E-state index contributed by atoms with van der Waals surface area (Å²) in [6, 6.07) is 2.10. The molecule has 1 saturated carbocycles. The van der Waals surface area contributed by atoms with Gasteiger partial charge >= 0.3 is 0 Å². The second kappa shape index (κ2) is 6.18. The number of aryl methyl sites for hydroxylation is 1. The lowest BCUT2D eigenvalue weighted by atomic mass is 9.85. The molecule has 1 unspecified atom stereocenters. The highest BCUT2D eigenvalue weighted by atomic mass is 32.1. The molecule has 2 rings (SSSR count). The smallest absolute Gasteiger partial charge is 0.109 e. The van der Waals surface area contributed by atoms with Gasteiger partial charge in [-0.15, -0.1) is 11.3 Å². The molecule has 1 N–H and O–H groups in total. The monoisotopic (exact) mass is 268 g/mol. The minimum absolute atomic E-state index is 0.348. The third-order valence-electron chi connectivity index (χ3n) is 3.95. The van der Waals surface area contributed by atoms with Gasteiger partial charge in [0.05, 0.1) is 5.60 Å². The van der Waals surface area contributed by atoms with Gasteiger partial charge < -0.3 is 9.84 Å². The van der Waals surface area contributed by atoms with Gasteiger partial charge in [0.1, 0.15) is 6.10 Å². The Morgan fingerprint density at radius 3 is 2.50 bits per heavy atom. The van der Waals surface area contributed by atoms with Crippen molar-refractivity contribution >= 4 is 11.3 Å². The van der Waals surface area contributed by atoms with E-state index in [0.717, 1.165) is 18.4 Å². The van der Waals surface area contributed by atoms with Gasteiger partial charge in [0, 0.05) is 11.5 Å². The first-order valence-corrected chi connectivity index (χ1v) is 7.93. The Bertz CT molecular complexity index is 364. The summed E-state index contributed by atoms with van der Waals surface area (Å²) in [6.07, 6.45) is 6.36. The van der Waals surface area contributed by atoms with E-state index in [0.29, 0.717) is 6.61 Å². The van der Waals surface area contributed by atoms with E-state index in [-0.39, 0.29) is 5.60 Å². The van der Waals surface area contributed by atoms with Crippen LogP contribution in [0.5, 0.6) is 0 Å². The summed E-state index contributed by atoms with van der Waals surface area (Å²) < 4.78 is 6.03. The third kappa shape index (κ3) is 2.95. The number of thiophene rings is 1. The summed E-state index contributed by atoms with van der Waals surface area (Å²) in [6.45, 7) is 4.79. The molecule has 2 nitrogen and oxygen atoms in total. The maximum Gasteiger partial charge on any atom is 0.109 e. The number of hydrogen-bond donors (Lipinski definition) is 1. The second-order valence-corrected chi connectivity index (χ2v) is 6.42. The highest BCUT2D eigenvalue weighted by Crippen LogP contribution is 2.41. The van der Waals surface area contributed by atoms with Gasteiger partial charge in [0.25, 0.3) is 0 Å². The van der Waals surface area contributed by atoms with Crippen molar-refractivity contribution in [2.45, 2.75) is 64.1 Å². The lowest BCUT2D eigenvalue weighted by Crippen LogP contribution is -2.39. The molecule has 1 atom stereocenters. The molecule has 1 aromatic rings. The molecule has 0 bridgehead atoms. The van der Waals surface area contributed by atoms with E-state index in [9.17, 15) is 5.11 Å². The fraction of sp³-hybridized carbons (Fsp3) is 0.733. The van der Waals surface area contributed by atoms with Crippen molar-refractivity contribution in [3.05, 3.63) is 21.9 Å². The molecule has 0 aromatic carbocycles. The maximum absolute atomic E-state index is 10.7. The van der Waals surface area contributed by atoms with Gasteiger partial charge in [-0.3, -0.25) is 0 Å². The Morgan fingerprint density at radius 1 is 1.33 bits per heavy atom. The first kappa shape index (κ1) is 14.0. The Balaban J connectivity index is 2.22. The largest absolute Gasteiger partial charge is 0.385 e. The van der Waals surface area contributed by atoms with E-state index in [1.807, 2.05) is 6.92 Å². The summed E-state index contributed by atoms with van der Waals surface area (Å²) in [7, 11) is 0. The van der Waals surface area contributed by atoms with Gasteiger partial charge in [-0.1, -0.05) is 25.7 Å². The molecular weight excluding hydrogens is 244 g/mol. The molecule has 1 aromatic heterocycles. The zero-order valence-corrected chi connectivity index (χ0v) is 12.3. The molecule has 1 aliphatic carbocycles. The first-order chi connectivity index (χ1) is 8.68. The molecule has 0 spiro atoms. The maximum atomic E-state index is 10.7. The Morgan fingerprint density at radius 2 is 2.00 bits per heavy atom. The topological polar surface area (TPSA) is 29.5 Å². The summed E-state index contributed by atoms with van der Waals surface area (Å²) in [5.74, 6) is 0. The van der Waals surface area contributed by atoms with E-state index in [1.165, 1.54) is 30.6 Å². The molecular formula is C15H24O2S. The lowest BCUT2D eigenvalue weighted by molar-refractivity contribution is -0.131. The minimum Gasteiger partial charge on any atom is -0.385 e. The van der Waals surface area contributed by atoms with Crippen molar-refractivity contribution in [2.75, 3.05) is 6.61 Å². The molecule has 1 aliphatic rings. The van der Waals surface area contributed by atoms with E-state index >= 15 is 0 Å². The zero-order valence-electron chi connectivity index (χ0n) is 11.4. The Hall–Kier alpha value is -0.380. The van der Waals surface area contributed by atoms with E-state index < -0.39 is 6.10 Å². The van der Waals surface area contributed by atoms with Crippen LogP contribution in [0.25, 0.3) is 0 Å². The van der Waals surface area contributed by atoms with Crippen molar-refractivity contribution < 1.29 is 9.84 Å². The van der Waals surface area contributed by atoms with Crippen molar-refractivity contribution in [1.82, 2.24) is 0 Å². The minimum atomic E-state index is -0.472. The van der Waals surface area contributed by atoms with Gasteiger partial charge in [-0.2, -0.15) is 0 Å². The van der Waals surface area contributed by atoms with Crippen molar-refractivity contribution in [1.29, 1.82) is 0 Å². The molecule has 102 valence electrons. The normalized spacial score (nSPS) is 21.5. The number of aliphatic hydroxyl groups is 1. The third-order valence-corrected chi connectivity index (χ3v) is 4.83. The van der Waals surface area contributed by atoms with Gasteiger partial charge in [-0.25, -0.2) is 0 Å². The highest BCUT2D eigenvalue weighted by molar-refractivity contribution is 7.10. The summed E-state index contributed by atoms with van der Waals surface area (Å²) in [4.78, 5) is 1.25. The van der Waals surface area contributed by atoms with E-state index in [2.05, 4.69) is 18.4 Å². The zero-order chi connectivity index (χ0) is 13.0. The predicted octanol–water partition coefficient (Wildman–Crippen LogP) is 4.22. The molecule has 0 saturated heterocycles. The van der Waals surface area contributed by atoms with Crippen molar-refractivity contribution in [3.8, 4) is 0 Å². The molecule has 0 aliphatic heterocycles. The number of ether oxygens (including phenoxy) is 1. The Kier molecular flexibility index (Phi) is 4.82. The van der Waals surface area contributed by atoms with Crippen molar-refractivity contribution in [3.63, 3.8) is 0 Å². The van der Waals surface area contributed by atoms with E-state index in [4.69, 9.17) is 4.74 Å². The van der Waals surface area contributed by atoms with Crippen LogP contribution in [-0.4, -0.2) is 17.3 Å². The SMILES string of the molecule is CCOC1(C(O)c2csc(C)c2)CCCCCC1. The average Bonchev–Trinajstić information content (AvgIpc) is 2.64. The number of rotatable bonds is 4. The van der Waals surface area contributed by atoms with Crippen LogP contribution in [0.15, 0.2) is 11.4 Å². The molecule has 0 amide bonds.